The second-order valence-corrected chi connectivity index (χ2v) is 17.3. The van der Waals surface area contributed by atoms with Crippen LogP contribution >= 0.6 is 0 Å². The summed E-state index contributed by atoms with van der Waals surface area (Å²) in [5, 5.41) is 7.25. The fourth-order valence-corrected chi connectivity index (χ4v) is 11.6. The molecule has 0 amide bonds. The summed E-state index contributed by atoms with van der Waals surface area (Å²) >= 11 is 0. The Morgan fingerprint density at radius 3 is 1.08 bits per heavy atom. The zero-order valence-corrected chi connectivity index (χ0v) is 34.9. The van der Waals surface area contributed by atoms with Crippen LogP contribution < -0.4 is 4.74 Å². The van der Waals surface area contributed by atoms with Crippen LogP contribution in [0.15, 0.2) is 213 Å². The fraction of sp³-hybridized carbons (Fsp3) is 0.0169. The van der Waals surface area contributed by atoms with E-state index in [0.29, 0.717) is 0 Å². The number of nitrogens with zero attached hydrogens (tertiary/aromatic N) is 5. The quantitative estimate of drug-likeness (QED) is 0.178. The monoisotopic (exact) mass is 829 g/mol. The van der Waals surface area contributed by atoms with Crippen LogP contribution in [-0.4, -0.2) is 23.7 Å². The molecule has 0 fully saturated rings. The number of fused-ring (bicyclic) bond motifs is 18. The van der Waals surface area contributed by atoms with Gasteiger partial charge in [0, 0.05) is 60.3 Å². The molecule has 1 aliphatic carbocycles. The molecule has 0 bridgehead atoms. The van der Waals surface area contributed by atoms with E-state index in [2.05, 4.69) is 214 Å². The highest BCUT2D eigenvalue weighted by atomic mass is 16.5. The minimum atomic E-state index is -0.882. The third kappa shape index (κ3) is 4.47. The highest BCUT2D eigenvalue weighted by molar-refractivity contribution is 6.11. The number of rotatable bonds is 3. The number of aromatic nitrogens is 5. The van der Waals surface area contributed by atoms with Crippen LogP contribution in [0.4, 0.5) is 0 Å². The first kappa shape index (κ1) is 34.8. The van der Waals surface area contributed by atoms with Crippen molar-refractivity contribution in [3.8, 4) is 39.9 Å². The number of ether oxygens (including phenoxy) is 1. The molecule has 0 saturated heterocycles. The molecule has 6 heterocycles. The molecule has 0 saturated carbocycles. The van der Waals surface area contributed by atoms with Crippen LogP contribution in [-0.2, 0) is 5.41 Å². The highest BCUT2D eigenvalue weighted by Gasteiger charge is 2.53. The highest BCUT2D eigenvalue weighted by Crippen LogP contribution is 2.62. The molecule has 0 atom stereocenters. The minimum absolute atomic E-state index is 0.802. The summed E-state index contributed by atoms with van der Waals surface area (Å²) in [6.45, 7) is 0. The van der Waals surface area contributed by atoms with Crippen LogP contribution in [0, 0.1) is 0 Å². The number of hydrogen-bond donors (Lipinski definition) is 0. The van der Waals surface area contributed by atoms with Crippen LogP contribution in [0.5, 0.6) is 11.5 Å². The molecule has 0 radical (unpaired) electrons. The van der Waals surface area contributed by atoms with Gasteiger partial charge in [-0.25, -0.2) is 0 Å². The predicted molar refractivity (Wildman–Crippen MR) is 262 cm³/mol. The summed E-state index contributed by atoms with van der Waals surface area (Å²) in [4.78, 5) is 11.0. The van der Waals surface area contributed by atoms with Crippen LogP contribution in [0.2, 0.25) is 0 Å². The van der Waals surface area contributed by atoms with Crippen molar-refractivity contribution < 1.29 is 4.74 Å². The first-order valence-electron chi connectivity index (χ1n) is 22.1. The van der Waals surface area contributed by atoms with Gasteiger partial charge in [-0.2, -0.15) is 0 Å². The van der Waals surface area contributed by atoms with E-state index < -0.39 is 5.41 Å². The van der Waals surface area contributed by atoms with Gasteiger partial charge in [-0.3, -0.25) is 9.97 Å². The third-order valence-corrected chi connectivity index (χ3v) is 14.2. The lowest BCUT2D eigenvalue weighted by molar-refractivity contribution is 0.436. The third-order valence-electron chi connectivity index (χ3n) is 14.2. The largest absolute Gasteiger partial charge is 0.457 e. The molecule has 5 aromatic heterocycles. The standard InChI is InChI=1S/C59H35N5O/c1-8-22-49-39(15-1)40-16-2-9-23-50(40)62(49)36-29-30-56-46(31-36)59(45-21-7-14-28-55(45)65-56)47-32-37(63-51-24-10-3-17-41(51)42-18-4-11-25-52(42)63)34-60-57(47)58-48(59)33-38(35-61-58)64-53-26-12-5-19-43(53)44-20-6-13-27-54(44)64/h1-35H. The Hall–Kier alpha value is -8.74. The Morgan fingerprint density at radius 2 is 0.646 bits per heavy atom. The zero-order valence-electron chi connectivity index (χ0n) is 34.9. The van der Waals surface area contributed by atoms with E-state index in [1.807, 2.05) is 12.4 Å². The van der Waals surface area contributed by atoms with E-state index in [1.54, 1.807) is 0 Å². The minimum Gasteiger partial charge on any atom is -0.457 e. The maximum Gasteiger partial charge on any atom is 0.132 e. The number of benzene rings is 8. The van der Waals surface area contributed by atoms with Crippen molar-refractivity contribution in [1.82, 2.24) is 23.7 Å². The summed E-state index contributed by atoms with van der Waals surface area (Å²) in [5.41, 5.74) is 14.9. The predicted octanol–water partition coefficient (Wildman–Crippen LogP) is 14.2. The van der Waals surface area contributed by atoms with Gasteiger partial charge in [0.05, 0.1) is 73.7 Å². The van der Waals surface area contributed by atoms with Gasteiger partial charge in [-0.15, -0.1) is 0 Å². The van der Waals surface area contributed by atoms with Crippen molar-refractivity contribution >= 4 is 65.4 Å². The van der Waals surface area contributed by atoms with Gasteiger partial charge in [-0.1, -0.05) is 127 Å². The average molecular weight is 830 g/mol. The summed E-state index contributed by atoms with van der Waals surface area (Å²) < 4.78 is 14.1. The van der Waals surface area contributed by atoms with E-state index in [0.717, 1.165) is 95.3 Å². The molecule has 1 aliphatic heterocycles. The smallest absolute Gasteiger partial charge is 0.132 e. The Kier molecular flexibility index (Phi) is 6.79. The van der Waals surface area contributed by atoms with E-state index in [-0.39, 0.29) is 0 Å². The lowest BCUT2D eigenvalue weighted by atomic mass is 9.66. The van der Waals surface area contributed by atoms with E-state index in [4.69, 9.17) is 14.7 Å². The molecule has 6 heteroatoms. The molecule has 8 aromatic carbocycles. The van der Waals surface area contributed by atoms with Crippen molar-refractivity contribution in [3.63, 3.8) is 0 Å². The van der Waals surface area contributed by atoms with E-state index >= 15 is 0 Å². The molecule has 0 unspecified atom stereocenters. The lowest BCUT2D eigenvalue weighted by Gasteiger charge is -2.39. The molecule has 6 nitrogen and oxygen atoms in total. The second kappa shape index (κ2) is 12.7. The van der Waals surface area contributed by atoms with Crippen molar-refractivity contribution in [2.24, 2.45) is 0 Å². The Balaban J connectivity index is 1.08. The van der Waals surface area contributed by atoms with E-state index in [1.165, 1.54) is 32.3 Å². The van der Waals surface area contributed by atoms with Gasteiger partial charge < -0.3 is 18.4 Å². The van der Waals surface area contributed by atoms with Gasteiger partial charge in [-0.05, 0) is 72.8 Å². The Morgan fingerprint density at radius 1 is 0.308 bits per heavy atom. The van der Waals surface area contributed by atoms with E-state index in [9.17, 15) is 0 Å². The first-order chi connectivity index (χ1) is 32.3. The molecular weight excluding hydrogens is 795 g/mol. The molecule has 302 valence electrons. The second-order valence-electron chi connectivity index (χ2n) is 17.3. The van der Waals surface area contributed by atoms with Gasteiger partial charge >= 0.3 is 0 Å². The molecule has 2 aliphatic rings. The summed E-state index contributed by atoms with van der Waals surface area (Å²) in [6, 6.07) is 72.1. The molecular formula is C59H35N5O. The van der Waals surface area contributed by atoms with Crippen LogP contribution in [0.3, 0.4) is 0 Å². The molecule has 15 rings (SSSR count). The van der Waals surface area contributed by atoms with Crippen molar-refractivity contribution in [2.75, 3.05) is 0 Å². The van der Waals surface area contributed by atoms with Crippen LogP contribution in [0.1, 0.15) is 22.3 Å². The lowest BCUT2D eigenvalue weighted by Crippen LogP contribution is -2.32. The maximum atomic E-state index is 7.02. The maximum absolute atomic E-state index is 7.02. The van der Waals surface area contributed by atoms with Crippen molar-refractivity contribution in [2.45, 2.75) is 5.41 Å². The number of hydrogen-bond acceptors (Lipinski definition) is 3. The molecule has 65 heavy (non-hydrogen) atoms. The zero-order chi connectivity index (χ0) is 42.4. The fourth-order valence-electron chi connectivity index (χ4n) is 11.6. The Bertz CT molecular complexity index is 3860. The molecule has 1 spiro atoms. The average Bonchev–Trinajstić information content (AvgIpc) is 4.08. The number of pyridine rings is 2. The first-order valence-corrected chi connectivity index (χ1v) is 22.1. The van der Waals surface area contributed by atoms with Gasteiger partial charge in [0.25, 0.3) is 0 Å². The van der Waals surface area contributed by atoms with Gasteiger partial charge in [0.2, 0.25) is 0 Å². The molecule has 13 aromatic rings. The normalized spacial score (nSPS) is 13.5. The summed E-state index contributed by atoms with van der Waals surface area (Å²) in [7, 11) is 0. The topological polar surface area (TPSA) is 49.8 Å². The SMILES string of the molecule is c1ccc2c(c1)Oc1ccc(-n3c4ccccc4c4ccccc43)cc1C21c2cc(-n3c4ccccc4c4ccccc43)cnc2-c2ncc(-n3c4ccccc4c4ccccc43)cc21. The number of para-hydroxylation sites is 7. The van der Waals surface area contributed by atoms with Crippen molar-refractivity contribution in [1.29, 1.82) is 0 Å². The molecule has 0 N–H and O–H groups in total. The van der Waals surface area contributed by atoms with Gasteiger partial charge in [0.15, 0.2) is 0 Å². The van der Waals surface area contributed by atoms with Crippen molar-refractivity contribution in [3.05, 3.63) is 235 Å². The Labute approximate surface area is 372 Å². The summed E-state index contributed by atoms with van der Waals surface area (Å²) in [6.07, 6.45) is 4.06. The summed E-state index contributed by atoms with van der Waals surface area (Å²) in [5.74, 6) is 1.62. The van der Waals surface area contributed by atoms with Gasteiger partial charge in [0.1, 0.15) is 11.5 Å². The van der Waals surface area contributed by atoms with Crippen LogP contribution in [0.25, 0.3) is 93.9 Å².